The van der Waals surface area contributed by atoms with E-state index < -0.39 is 0 Å². The van der Waals surface area contributed by atoms with Gasteiger partial charge in [0.1, 0.15) is 0 Å². The predicted molar refractivity (Wildman–Crippen MR) is 76.1 cm³/mol. The van der Waals surface area contributed by atoms with Crippen molar-refractivity contribution in [1.29, 1.82) is 0 Å². The Morgan fingerprint density at radius 1 is 1.32 bits per heavy atom. The van der Waals surface area contributed by atoms with Crippen molar-refractivity contribution in [3.63, 3.8) is 0 Å². The fourth-order valence-electron chi connectivity index (χ4n) is 2.66. The standard InChI is InChI=1S/C14H26N4O/c1-5-14(6-2)7-8-18(10-14)13-17-16-12(19-13)9-15-11(3)4/h11,15H,5-10H2,1-4H3. The van der Waals surface area contributed by atoms with E-state index in [2.05, 4.69) is 48.1 Å². The fraction of sp³-hybridized carbons (Fsp3) is 0.857. The van der Waals surface area contributed by atoms with Gasteiger partial charge in [0.2, 0.25) is 5.89 Å². The molecule has 0 amide bonds. The molecule has 0 aliphatic carbocycles. The number of hydrogen-bond acceptors (Lipinski definition) is 5. The highest BCUT2D eigenvalue weighted by Crippen LogP contribution is 2.38. The van der Waals surface area contributed by atoms with E-state index in [9.17, 15) is 0 Å². The van der Waals surface area contributed by atoms with Gasteiger partial charge in [0.15, 0.2) is 0 Å². The van der Waals surface area contributed by atoms with Crippen LogP contribution in [0.4, 0.5) is 6.01 Å². The number of hydrogen-bond donors (Lipinski definition) is 1. The van der Waals surface area contributed by atoms with Crippen LogP contribution in [0.15, 0.2) is 4.42 Å². The molecule has 0 aromatic carbocycles. The summed E-state index contributed by atoms with van der Waals surface area (Å²) in [4.78, 5) is 2.23. The maximum Gasteiger partial charge on any atom is 0.318 e. The largest absolute Gasteiger partial charge is 0.407 e. The van der Waals surface area contributed by atoms with Crippen molar-refractivity contribution in [2.75, 3.05) is 18.0 Å². The summed E-state index contributed by atoms with van der Waals surface area (Å²) >= 11 is 0. The van der Waals surface area contributed by atoms with Crippen LogP contribution in [0.3, 0.4) is 0 Å². The van der Waals surface area contributed by atoms with Crippen LogP contribution in [0.2, 0.25) is 0 Å². The summed E-state index contributed by atoms with van der Waals surface area (Å²) in [5.41, 5.74) is 0.435. The molecule has 1 aliphatic heterocycles. The average Bonchev–Trinajstić information content (AvgIpc) is 3.03. The smallest absolute Gasteiger partial charge is 0.318 e. The van der Waals surface area contributed by atoms with Crippen molar-refractivity contribution in [2.45, 2.75) is 59.5 Å². The molecule has 1 N–H and O–H groups in total. The molecule has 19 heavy (non-hydrogen) atoms. The molecule has 0 unspecified atom stereocenters. The highest BCUT2D eigenvalue weighted by molar-refractivity contribution is 5.28. The van der Waals surface area contributed by atoms with Crippen LogP contribution in [0.25, 0.3) is 0 Å². The molecule has 0 saturated carbocycles. The second kappa shape index (κ2) is 5.90. The molecule has 0 spiro atoms. The lowest BCUT2D eigenvalue weighted by Crippen LogP contribution is -2.26. The van der Waals surface area contributed by atoms with Gasteiger partial charge >= 0.3 is 6.01 Å². The van der Waals surface area contributed by atoms with Gasteiger partial charge in [-0.25, -0.2) is 0 Å². The maximum absolute atomic E-state index is 5.74. The molecule has 0 atom stereocenters. The van der Waals surface area contributed by atoms with Gasteiger partial charge in [0, 0.05) is 19.1 Å². The van der Waals surface area contributed by atoms with Crippen molar-refractivity contribution in [2.24, 2.45) is 5.41 Å². The van der Waals surface area contributed by atoms with Gasteiger partial charge < -0.3 is 14.6 Å². The van der Waals surface area contributed by atoms with E-state index in [4.69, 9.17) is 4.42 Å². The Labute approximate surface area is 115 Å². The highest BCUT2D eigenvalue weighted by atomic mass is 16.4. The Hall–Kier alpha value is -1.10. The van der Waals surface area contributed by atoms with Crippen molar-refractivity contribution in [3.8, 4) is 0 Å². The van der Waals surface area contributed by atoms with E-state index in [0.29, 0.717) is 29.9 Å². The van der Waals surface area contributed by atoms with Gasteiger partial charge in [-0.15, -0.1) is 5.10 Å². The zero-order valence-corrected chi connectivity index (χ0v) is 12.6. The molecule has 1 aromatic rings. The minimum atomic E-state index is 0.426. The lowest BCUT2D eigenvalue weighted by atomic mass is 9.82. The Bertz CT molecular complexity index is 398. The summed E-state index contributed by atoms with van der Waals surface area (Å²) in [5.74, 6) is 0.675. The second-order valence-corrected chi connectivity index (χ2v) is 5.89. The fourth-order valence-corrected chi connectivity index (χ4v) is 2.66. The van der Waals surface area contributed by atoms with Gasteiger partial charge in [0.05, 0.1) is 6.54 Å². The number of nitrogens with one attached hydrogen (secondary N) is 1. The molecule has 1 aliphatic rings. The first-order valence-electron chi connectivity index (χ1n) is 7.39. The van der Waals surface area contributed by atoms with Crippen LogP contribution in [0.5, 0.6) is 0 Å². The van der Waals surface area contributed by atoms with Crippen LogP contribution >= 0.6 is 0 Å². The molecule has 1 saturated heterocycles. The third kappa shape index (κ3) is 3.26. The number of aromatic nitrogens is 2. The molecule has 2 rings (SSSR count). The van der Waals surface area contributed by atoms with E-state index in [1.807, 2.05) is 0 Å². The van der Waals surface area contributed by atoms with Crippen LogP contribution in [0, 0.1) is 5.41 Å². The predicted octanol–water partition coefficient (Wildman–Crippen LogP) is 2.58. The molecule has 108 valence electrons. The topological polar surface area (TPSA) is 54.2 Å². The molecule has 1 fully saturated rings. The Balaban J connectivity index is 1.96. The Morgan fingerprint density at radius 3 is 2.63 bits per heavy atom. The molecule has 1 aromatic heterocycles. The zero-order valence-electron chi connectivity index (χ0n) is 12.6. The van der Waals surface area contributed by atoms with Crippen LogP contribution in [0.1, 0.15) is 52.8 Å². The van der Waals surface area contributed by atoms with E-state index in [1.165, 1.54) is 19.3 Å². The van der Waals surface area contributed by atoms with Crippen molar-refractivity contribution >= 4 is 6.01 Å². The first-order valence-corrected chi connectivity index (χ1v) is 7.39. The Morgan fingerprint density at radius 2 is 2.05 bits per heavy atom. The van der Waals surface area contributed by atoms with Crippen molar-refractivity contribution in [3.05, 3.63) is 5.89 Å². The third-order valence-corrected chi connectivity index (χ3v) is 4.33. The number of nitrogens with zero attached hydrogens (tertiary/aromatic N) is 3. The third-order valence-electron chi connectivity index (χ3n) is 4.33. The summed E-state index contributed by atoms with van der Waals surface area (Å²) in [6.45, 7) is 11.5. The lowest BCUT2D eigenvalue weighted by molar-refractivity contribution is 0.300. The highest BCUT2D eigenvalue weighted by Gasteiger charge is 2.36. The monoisotopic (exact) mass is 266 g/mol. The molecule has 0 radical (unpaired) electrons. The van der Waals surface area contributed by atoms with Crippen molar-refractivity contribution in [1.82, 2.24) is 15.5 Å². The average molecular weight is 266 g/mol. The normalized spacial score (nSPS) is 18.5. The lowest BCUT2D eigenvalue weighted by Gasteiger charge is -2.25. The Kier molecular flexibility index (Phi) is 4.45. The van der Waals surface area contributed by atoms with E-state index in [-0.39, 0.29) is 0 Å². The van der Waals surface area contributed by atoms with Gasteiger partial charge in [0.25, 0.3) is 0 Å². The molecular weight excluding hydrogens is 240 g/mol. The van der Waals surface area contributed by atoms with E-state index >= 15 is 0 Å². The SMILES string of the molecule is CCC1(CC)CCN(c2nnc(CNC(C)C)o2)C1. The molecule has 5 heteroatoms. The summed E-state index contributed by atoms with van der Waals surface area (Å²) < 4.78 is 5.74. The van der Waals surface area contributed by atoms with Gasteiger partial charge in [-0.2, -0.15) is 0 Å². The van der Waals surface area contributed by atoms with E-state index in [0.717, 1.165) is 13.1 Å². The maximum atomic E-state index is 5.74. The molecular formula is C14H26N4O. The first kappa shape index (κ1) is 14.3. The summed E-state index contributed by atoms with van der Waals surface area (Å²) in [6.07, 6.45) is 3.66. The minimum absolute atomic E-state index is 0.426. The minimum Gasteiger partial charge on any atom is -0.407 e. The summed E-state index contributed by atoms with van der Waals surface area (Å²) in [5, 5.41) is 11.6. The quantitative estimate of drug-likeness (QED) is 0.857. The van der Waals surface area contributed by atoms with Crippen LogP contribution < -0.4 is 10.2 Å². The summed E-state index contributed by atoms with van der Waals surface area (Å²) in [7, 11) is 0. The first-order chi connectivity index (χ1) is 9.08. The zero-order chi connectivity index (χ0) is 13.9. The van der Waals surface area contributed by atoms with Crippen LogP contribution in [-0.4, -0.2) is 29.3 Å². The molecule has 0 bridgehead atoms. The second-order valence-electron chi connectivity index (χ2n) is 5.89. The van der Waals surface area contributed by atoms with Gasteiger partial charge in [-0.3, -0.25) is 0 Å². The van der Waals surface area contributed by atoms with Crippen molar-refractivity contribution < 1.29 is 4.42 Å². The summed E-state index contributed by atoms with van der Waals surface area (Å²) in [6, 6.07) is 1.11. The van der Waals surface area contributed by atoms with E-state index in [1.54, 1.807) is 0 Å². The number of rotatable bonds is 6. The van der Waals surface area contributed by atoms with Crippen LogP contribution in [-0.2, 0) is 6.54 Å². The molecule has 5 nitrogen and oxygen atoms in total. The van der Waals surface area contributed by atoms with Gasteiger partial charge in [-0.1, -0.05) is 32.8 Å². The number of anilines is 1. The molecule has 2 heterocycles. The van der Waals surface area contributed by atoms with Gasteiger partial charge in [-0.05, 0) is 24.7 Å².